The lowest BCUT2D eigenvalue weighted by Crippen LogP contribution is -2.41. The SMILES string of the molecule is CCc1ccc(CNC(C)C2CCN(CC)CC2)cc1. The van der Waals surface area contributed by atoms with Gasteiger partial charge in [0.15, 0.2) is 0 Å². The van der Waals surface area contributed by atoms with E-state index in [1.165, 1.54) is 43.6 Å². The minimum atomic E-state index is 0.625. The Morgan fingerprint density at radius 1 is 1.10 bits per heavy atom. The second-order valence-electron chi connectivity index (χ2n) is 6.11. The van der Waals surface area contributed by atoms with Crippen molar-refractivity contribution >= 4 is 0 Å². The van der Waals surface area contributed by atoms with E-state index >= 15 is 0 Å². The molecule has 1 heterocycles. The minimum Gasteiger partial charge on any atom is -0.310 e. The van der Waals surface area contributed by atoms with Gasteiger partial charge in [-0.05, 0) is 62.9 Å². The molecule has 1 aromatic rings. The number of nitrogens with zero attached hydrogens (tertiary/aromatic N) is 1. The Morgan fingerprint density at radius 2 is 1.70 bits per heavy atom. The third kappa shape index (κ3) is 4.32. The van der Waals surface area contributed by atoms with E-state index in [2.05, 4.69) is 55.3 Å². The quantitative estimate of drug-likeness (QED) is 0.854. The number of rotatable bonds is 6. The molecule has 1 aliphatic heterocycles. The fourth-order valence-electron chi connectivity index (χ4n) is 3.11. The molecule has 0 aliphatic carbocycles. The number of likely N-dealkylation sites (tertiary alicyclic amines) is 1. The van der Waals surface area contributed by atoms with E-state index in [4.69, 9.17) is 0 Å². The first kappa shape index (κ1) is 15.5. The molecule has 112 valence electrons. The summed E-state index contributed by atoms with van der Waals surface area (Å²) < 4.78 is 0. The highest BCUT2D eigenvalue weighted by atomic mass is 15.1. The standard InChI is InChI=1S/C18H30N2/c1-4-16-6-8-17(9-7-16)14-19-15(3)18-10-12-20(5-2)13-11-18/h6-9,15,18-19H,4-5,10-14H2,1-3H3. The van der Waals surface area contributed by atoms with Gasteiger partial charge in [0, 0.05) is 12.6 Å². The Balaban J connectivity index is 1.75. The Labute approximate surface area is 124 Å². The molecular weight excluding hydrogens is 244 g/mol. The monoisotopic (exact) mass is 274 g/mol. The Hall–Kier alpha value is -0.860. The van der Waals surface area contributed by atoms with Crippen molar-refractivity contribution in [3.8, 4) is 0 Å². The first-order valence-electron chi connectivity index (χ1n) is 8.26. The normalized spacial score (nSPS) is 19.1. The maximum absolute atomic E-state index is 3.72. The zero-order chi connectivity index (χ0) is 14.4. The summed E-state index contributed by atoms with van der Waals surface area (Å²) in [7, 11) is 0. The summed E-state index contributed by atoms with van der Waals surface area (Å²) >= 11 is 0. The van der Waals surface area contributed by atoms with Crippen molar-refractivity contribution in [2.45, 2.75) is 52.6 Å². The largest absolute Gasteiger partial charge is 0.310 e. The van der Waals surface area contributed by atoms with Gasteiger partial charge in [-0.15, -0.1) is 0 Å². The van der Waals surface area contributed by atoms with E-state index in [1.807, 2.05) is 0 Å². The predicted molar refractivity (Wildman–Crippen MR) is 87.0 cm³/mol. The molecule has 0 radical (unpaired) electrons. The van der Waals surface area contributed by atoms with Gasteiger partial charge in [0.05, 0.1) is 0 Å². The van der Waals surface area contributed by atoms with E-state index in [9.17, 15) is 0 Å². The van der Waals surface area contributed by atoms with Gasteiger partial charge in [0.1, 0.15) is 0 Å². The van der Waals surface area contributed by atoms with Crippen LogP contribution >= 0.6 is 0 Å². The van der Waals surface area contributed by atoms with Crippen LogP contribution in [-0.4, -0.2) is 30.6 Å². The topological polar surface area (TPSA) is 15.3 Å². The molecule has 1 fully saturated rings. The van der Waals surface area contributed by atoms with Crippen LogP contribution in [0, 0.1) is 5.92 Å². The van der Waals surface area contributed by atoms with Crippen LogP contribution in [0.1, 0.15) is 44.7 Å². The first-order valence-corrected chi connectivity index (χ1v) is 8.26. The molecule has 2 nitrogen and oxygen atoms in total. The third-order valence-corrected chi connectivity index (χ3v) is 4.85. The fraction of sp³-hybridized carbons (Fsp3) is 0.667. The molecule has 1 aromatic carbocycles. The molecule has 2 heteroatoms. The fourth-order valence-corrected chi connectivity index (χ4v) is 3.11. The average molecular weight is 274 g/mol. The van der Waals surface area contributed by atoms with Crippen LogP contribution in [0.4, 0.5) is 0 Å². The van der Waals surface area contributed by atoms with Crippen molar-refractivity contribution in [2.75, 3.05) is 19.6 Å². The highest BCUT2D eigenvalue weighted by Gasteiger charge is 2.22. The molecule has 2 rings (SSSR count). The van der Waals surface area contributed by atoms with Gasteiger partial charge in [-0.1, -0.05) is 38.1 Å². The summed E-state index contributed by atoms with van der Waals surface area (Å²) in [4.78, 5) is 2.56. The van der Waals surface area contributed by atoms with Gasteiger partial charge in [-0.3, -0.25) is 0 Å². The molecule has 1 atom stereocenters. The highest BCUT2D eigenvalue weighted by molar-refractivity contribution is 5.22. The van der Waals surface area contributed by atoms with Gasteiger partial charge in [0.2, 0.25) is 0 Å². The maximum Gasteiger partial charge on any atom is 0.0208 e. The number of aryl methyl sites for hydroxylation is 1. The zero-order valence-corrected chi connectivity index (χ0v) is 13.4. The number of hydrogen-bond donors (Lipinski definition) is 1. The number of benzene rings is 1. The third-order valence-electron chi connectivity index (χ3n) is 4.85. The molecule has 0 aromatic heterocycles. The lowest BCUT2D eigenvalue weighted by atomic mass is 9.90. The lowest BCUT2D eigenvalue weighted by molar-refractivity contribution is 0.168. The van der Waals surface area contributed by atoms with E-state index in [0.717, 1.165) is 18.9 Å². The molecule has 1 N–H and O–H groups in total. The van der Waals surface area contributed by atoms with E-state index in [0.29, 0.717) is 6.04 Å². The van der Waals surface area contributed by atoms with Gasteiger partial charge < -0.3 is 10.2 Å². The smallest absolute Gasteiger partial charge is 0.0208 e. The van der Waals surface area contributed by atoms with Crippen molar-refractivity contribution in [1.29, 1.82) is 0 Å². The Kier molecular flexibility index (Phi) is 6.06. The van der Waals surface area contributed by atoms with Crippen LogP contribution in [0.5, 0.6) is 0 Å². The van der Waals surface area contributed by atoms with Crippen LogP contribution in [-0.2, 0) is 13.0 Å². The molecule has 0 amide bonds. The van der Waals surface area contributed by atoms with Crippen LogP contribution in [0.2, 0.25) is 0 Å². The van der Waals surface area contributed by atoms with Crippen LogP contribution in [0.25, 0.3) is 0 Å². The molecule has 1 unspecified atom stereocenters. The zero-order valence-electron chi connectivity index (χ0n) is 13.4. The predicted octanol–water partition coefficient (Wildman–Crippen LogP) is 3.46. The summed E-state index contributed by atoms with van der Waals surface area (Å²) in [6.07, 6.45) is 3.81. The minimum absolute atomic E-state index is 0.625. The maximum atomic E-state index is 3.72. The van der Waals surface area contributed by atoms with Crippen molar-refractivity contribution in [2.24, 2.45) is 5.92 Å². The average Bonchev–Trinajstić information content (AvgIpc) is 2.53. The summed E-state index contributed by atoms with van der Waals surface area (Å²) in [6, 6.07) is 9.65. The summed E-state index contributed by atoms with van der Waals surface area (Å²) in [5.41, 5.74) is 2.83. The van der Waals surface area contributed by atoms with Gasteiger partial charge in [-0.2, -0.15) is 0 Å². The van der Waals surface area contributed by atoms with Crippen molar-refractivity contribution < 1.29 is 0 Å². The van der Waals surface area contributed by atoms with Crippen molar-refractivity contribution in [3.63, 3.8) is 0 Å². The van der Waals surface area contributed by atoms with Gasteiger partial charge in [-0.25, -0.2) is 0 Å². The van der Waals surface area contributed by atoms with Crippen LogP contribution in [0.3, 0.4) is 0 Å². The van der Waals surface area contributed by atoms with Crippen LogP contribution < -0.4 is 5.32 Å². The van der Waals surface area contributed by atoms with Crippen LogP contribution in [0.15, 0.2) is 24.3 Å². The number of piperidine rings is 1. The number of hydrogen-bond acceptors (Lipinski definition) is 2. The lowest BCUT2D eigenvalue weighted by Gasteiger charge is -2.34. The summed E-state index contributed by atoms with van der Waals surface area (Å²) in [6.45, 7) is 11.6. The molecule has 0 spiro atoms. The molecule has 1 aliphatic rings. The Bertz CT molecular complexity index is 377. The summed E-state index contributed by atoms with van der Waals surface area (Å²) in [5, 5.41) is 3.72. The van der Waals surface area contributed by atoms with E-state index < -0.39 is 0 Å². The molecule has 1 saturated heterocycles. The van der Waals surface area contributed by atoms with E-state index in [1.54, 1.807) is 0 Å². The molecule has 0 bridgehead atoms. The summed E-state index contributed by atoms with van der Waals surface area (Å²) in [5.74, 6) is 0.840. The first-order chi connectivity index (χ1) is 9.72. The second-order valence-corrected chi connectivity index (χ2v) is 6.11. The highest BCUT2D eigenvalue weighted by Crippen LogP contribution is 2.20. The number of nitrogens with one attached hydrogen (secondary N) is 1. The van der Waals surface area contributed by atoms with E-state index in [-0.39, 0.29) is 0 Å². The van der Waals surface area contributed by atoms with Crippen molar-refractivity contribution in [3.05, 3.63) is 35.4 Å². The molecule has 20 heavy (non-hydrogen) atoms. The van der Waals surface area contributed by atoms with Crippen molar-refractivity contribution in [1.82, 2.24) is 10.2 Å². The molecule has 0 saturated carbocycles. The Morgan fingerprint density at radius 3 is 2.25 bits per heavy atom. The van der Waals surface area contributed by atoms with Gasteiger partial charge >= 0.3 is 0 Å². The van der Waals surface area contributed by atoms with Gasteiger partial charge in [0.25, 0.3) is 0 Å². The molecular formula is C18H30N2. The second kappa shape index (κ2) is 7.80.